The maximum Gasteiger partial charge on any atom is 0.221 e. The Bertz CT molecular complexity index is 651. The van der Waals surface area contributed by atoms with Gasteiger partial charge in [-0.05, 0) is 18.8 Å². The lowest BCUT2D eigenvalue weighted by Gasteiger charge is -2.37. The predicted molar refractivity (Wildman–Crippen MR) is 84.9 cm³/mol. The zero-order valence-electron chi connectivity index (χ0n) is 13.6. The van der Waals surface area contributed by atoms with Crippen LogP contribution in [0.25, 0.3) is 0 Å². The highest BCUT2D eigenvalue weighted by Gasteiger charge is 2.36. The molecule has 0 radical (unpaired) electrons. The molecule has 8 nitrogen and oxygen atoms in total. The van der Waals surface area contributed by atoms with Gasteiger partial charge in [0.2, 0.25) is 15.9 Å². The number of rotatable bonds is 7. The zero-order chi connectivity index (χ0) is 17.2. The lowest BCUT2D eigenvalue weighted by atomic mass is 9.75. The fourth-order valence-corrected chi connectivity index (χ4v) is 3.07. The molecule has 0 saturated heterocycles. The first-order chi connectivity index (χ1) is 10.7. The average Bonchev–Trinajstić information content (AvgIpc) is 2.84. The van der Waals surface area contributed by atoms with Gasteiger partial charge in [-0.3, -0.25) is 9.48 Å². The van der Waals surface area contributed by atoms with Crippen molar-refractivity contribution < 1.29 is 18.3 Å². The van der Waals surface area contributed by atoms with E-state index in [0.29, 0.717) is 12.8 Å². The molecule has 1 aliphatic rings. The van der Waals surface area contributed by atoms with E-state index in [4.69, 9.17) is 0 Å². The van der Waals surface area contributed by atoms with Gasteiger partial charge >= 0.3 is 0 Å². The second-order valence-corrected chi connectivity index (χ2v) is 8.30. The molecule has 1 amide bonds. The van der Waals surface area contributed by atoms with E-state index in [1.807, 2.05) is 6.20 Å². The van der Waals surface area contributed by atoms with Crippen molar-refractivity contribution in [2.24, 2.45) is 13.0 Å². The van der Waals surface area contributed by atoms with Gasteiger partial charge in [0.1, 0.15) is 0 Å². The Hall–Kier alpha value is -1.45. The van der Waals surface area contributed by atoms with E-state index < -0.39 is 10.0 Å². The molecule has 2 N–H and O–H groups in total. The van der Waals surface area contributed by atoms with Crippen molar-refractivity contribution in [1.82, 2.24) is 19.4 Å². The van der Waals surface area contributed by atoms with E-state index in [9.17, 15) is 18.3 Å². The number of nitrogens with zero attached hydrogens (tertiary/aromatic N) is 3. The summed E-state index contributed by atoms with van der Waals surface area (Å²) >= 11 is 0. The molecule has 1 heterocycles. The van der Waals surface area contributed by atoms with Crippen LogP contribution in [0.1, 0.15) is 30.9 Å². The molecule has 1 saturated carbocycles. The number of aromatic nitrogens is 2. The quantitative estimate of drug-likeness (QED) is 0.702. The molecule has 1 aromatic rings. The number of hydrogen-bond donors (Lipinski definition) is 2. The number of sulfonamides is 1. The Morgan fingerprint density at radius 3 is 2.70 bits per heavy atom. The topological polar surface area (TPSA) is 105 Å². The van der Waals surface area contributed by atoms with Crippen LogP contribution < -0.4 is 5.32 Å². The number of aliphatic hydroxyl groups is 1. The Morgan fingerprint density at radius 1 is 1.57 bits per heavy atom. The number of nitrogens with one attached hydrogen (secondary N) is 1. The summed E-state index contributed by atoms with van der Waals surface area (Å²) in [5, 5.41) is 16.6. The van der Waals surface area contributed by atoms with E-state index >= 15 is 0 Å². The van der Waals surface area contributed by atoms with E-state index in [0.717, 1.165) is 16.1 Å². The van der Waals surface area contributed by atoms with Crippen LogP contribution in [0.15, 0.2) is 12.4 Å². The standard InChI is InChI=1S/C14H24N4O4S/c1-17-9-11(8-15-17)14(10-6-12(19)7-10)16-13(20)4-5-18(2)23(3,21)22/h8-10,12,14,19H,4-7H2,1-3H3,(H,16,20). The second-order valence-electron chi connectivity index (χ2n) is 6.21. The summed E-state index contributed by atoms with van der Waals surface area (Å²) < 4.78 is 25.5. The minimum absolute atomic E-state index is 0.0929. The van der Waals surface area contributed by atoms with Gasteiger partial charge in [-0.25, -0.2) is 12.7 Å². The van der Waals surface area contributed by atoms with Crippen molar-refractivity contribution in [2.75, 3.05) is 19.8 Å². The summed E-state index contributed by atoms with van der Waals surface area (Å²) in [6, 6.07) is -0.205. The molecule has 1 aromatic heterocycles. The number of aliphatic hydroxyl groups excluding tert-OH is 1. The van der Waals surface area contributed by atoms with E-state index in [1.165, 1.54) is 7.05 Å². The van der Waals surface area contributed by atoms with Crippen LogP contribution in [0.4, 0.5) is 0 Å². The second kappa shape index (κ2) is 6.98. The average molecular weight is 344 g/mol. The van der Waals surface area contributed by atoms with E-state index in [2.05, 4.69) is 10.4 Å². The van der Waals surface area contributed by atoms with Crippen LogP contribution in [0, 0.1) is 5.92 Å². The maximum atomic E-state index is 12.2. The first-order valence-corrected chi connectivity index (χ1v) is 9.39. The van der Waals surface area contributed by atoms with Gasteiger partial charge < -0.3 is 10.4 Å². The molecule has 9 heteroatoms. The van der Waals surface area contributed by atoms with Crippen LogP contribution >= 0.6 is 0 Å². The van der Waals surface area contributed by atoms with Crippen LogP contribution in [-0.4, -0.2) is 59.5 Å². The molecular formula is C14H24N4O4S. The molecule has 130 valence electrons. The van der Waals surface area contributed by atoms with Crippen LogP contribution in [-0.2, 0) is 21.9 Å². The van der Waals surface area contributed by atoms with Gasteiger partial charge in [0, 0.05) is 38.8 Å². The van der Waals surface area contributed by atoms with Crippen LogP contribution in [0.5, 0.6) is 0 Å². The monoisotopic (exact) mass is 344 g/mol. The van der Waals surface area contributed by atoms with E-state index in [-0.39, 0.29) is 36.9 Å². The van der Waals surface area contributed by atoms with Crippen molar-refractivity contribution in [3.8, 4) is 0 Å². The molecule has 0 aromatic carbocycles. The highest BCUT2D eigenvalue weighted by atomic mass is 32.2. The summed E-state index contributed by atoms with van der Waals surface area (Å²) in [7, 11) is -0.0334. The minimum atomic E-state index is -3.29. The van der Waals surface area contributed by atoms with E-state index in [1.54, 1.807) is 17.9 Å². The lowest BCUT2D eigenvalue weighted by Crippen LogP contribution is -2.42. The van der Waals surface area contributed by atoms with Gasteiger partial charge in [-0.2, -0.15) is 5.10 Å². The molecule has 2 rings (SSSR count). The third kappa shape index (κ3) is 4.76. The van der Waals surface area contributed by atoms with Crippen molar-refractivity contribution in [3.63, 3.8) is 0 Å². The Balaban J connectivity index is 1.96. The molecule has 1 fully saturated rings. The highest BCUT2D eigenvalue weighted by molar-refractivity contribution is 7.88. The molecule has 0 aliphatic heterocycles. The highest BCUT2D eigenvalue weighted by Crippen LogP contribution is 2.37. The van der Waals surface area contributed by atoms with Gasteiger partial charge in [0.05, 0.1) is 24.6 Å². The normalized spacial score (nSPS) is 22.7. The number of aryl methyl sites for hydroxylation is 1. The van der Waals surface area contributed by atoms with Crippen LogP contribution in [0.2, 0.25) is 0 Å². The molecular weight excluding hydrogens is 320 g/mol. The van der Waals surface area contributed by atoms with Gasteiger partial charge in [0.25, 0.3) is 0 Å². The third-order valence-corrected chi connectivity index (χ3v) is 5.56. The summed E-state index contributed by atoms with van der Waals surface area (Å²) in [5.41, 5.74) is 0.897. The molecule has 0 spiro atoms. The van der Waals surface area contributed by atoms with Gasteiger partial charge in [0.15, 0.2) is 0 Å². The molecule has 1 aliphatic carbocycles. The fourth-order valence-electron chi connectivity index (χ4n) is 2.65. The number of hydrogen-bond acceptors (Lipinski definition) is 5. The Kier molecular flexibility index (Phi) is 5.43. The van der Waals surface area contributed by atoms with Crippen molar-refractivity contribution >= 4 is 15.9 Å². The first kappa shape index (κ1) is 17.9. The summed E-state index contributed by atoms with van der Waals surface area (Å²) in [4.78, 5) is 12.2. The molecule has 23 heavy (non-hydrogen) atoms. The zero-order valence-corrected chi connectivity index (χ0v) is 14.5. The Labute approximate surface area is 136 Å². The summed E-state index contributed by atoms with van der Waals surface area (Å²) in [6.45, 7) is 0.137. The van der Waals surface area contributed by atoms with Crippen molar-refractivity contribution in [2.45, 2.75) is 31.4 Å². The fraction of sp³-hybridized carbons (Fsp3) is 0.714. The molecule has 1 atom stereocenters. The van der Waals surface area contributed by atoms with Crippen LogP contribution in [0.3, 0.4) is 0 Å². The third-order valence-electron chi connectivity index (χ3n) is 4.24. The Morgan fingerprint density at radius 2 is 2.22 bits per heavy atom. The number of carbonyl (C=O) groups is 1. The smallest absolute Gasteiger partial charge is 0.221 e. The van der Waals surface area contributed by atoms with Gasteiger partial charge in [-0.15, -0.1) is 0 Å². The summed E-state index contributed by atoms with van der Waals surface area (Å²) in [5.74, 6) is -0.0402. The maximum absolute atomic E-state index is 12.2. The SMILES string of the molecule is CN(CCC(=O)NC(c1cnn(C)c1)C1CC(O)C1)S(C)(=O)=O. The summed E-state index contributed by atoms with van der Waals surface area (Å²) in [6.07, 6.45) is 5.73. The lowest BCUT2D eigenvalue weighted by molar-refractivity contribution is -0.123. The molecule has 0 bridgehead atoms. The number of amides is 1. The van der Waals surface area contributed by atoms with Gasteiger partial charge in [-0.1, -0.05) is 0 Å². The molecule has 1 unspecified atom stereocenters. The first-order valence-electron chi connectivity index (χ1n) is 7.54. The largest absolute Gasteiger partial charge is 0.393 e. The van der Waals surface area contributed by atoms with Crippen molar-refractivity contribution in [3.05, 3.63) is 18.0 Å². The minimum Gasteiger partial charge on any atom is -0.393 e. The predicted octanol–water partition coefficient (Wildman–Crippen LogP) is -0.370. The van der Waals surface area contributed by atoms with Crippen molar-refractivity contribution in [1.29, 1.82) is 0 Å². The number of carbonyl (C=O) groups excluding carboxylic acids is 1.